The summed E-state index contributed by atoms with van der Waals surface area (Å²) in [6, 6.07) is 19.0. The molecular formula is C20H17ClFN2O2S+. The Balaban J connectivity index is 1.91. The lowest BCUT2D eigenvalue weighted by Gasteiger charge is -2.16. The van der Waals surface area contributed by atoms with Gasteiger partial charge in [0.15, 0.2) is 0 Å². The number of hydrogen-bond donors (Lipinski definition) is 2. The van der Waals surface area contributed by atoms with Crippen LogP contribution in [0.3, 0.4) is 0 Å². The van der Waals surface area contributed by atoms with Crippen LogP contribution in [0.2, 0.25) is 5.02 Å². The maximum Gasteiger partial charge on any atom is 0.292 e. The number of rotatable bonds is 6. The van der Waals surface area contributed by atoms with Crippen LogP contribution >= 0.6 is 23.4 Å². The Labute approximate surface area is 165 Å². The molecule has 0 saturated carbocycles. The third kappa shape index (κ3) is 4.78. The van der Waals surface area contributed by atoms with Gasteiger partial charge in [-0.3, -0.25) is 10.0 Å². The third-order valence-electron chi connectivity index (χ3n) is 3.82. The highest BCUT2D eigenvalue weighted by Crippen LogP contribution is 2.35. The highest BCUT2D eigenvalue weighted by Gasteiger charge is 2.27. The van der Waals surface area contributed by atoms with Crippen LogP contribution in [0.15, 0.2) is 78.0 Å². The summed E-state index contributed by atoms with van der Waals surface area (Å²) in [7, 11) is 0. The lowest BCUT2D eigenvalue weighted by atomic mass is 10.1. The van der Waals surface area contributed by atoms with Gasteiger partial charge in [-0.1, -0.05) is 48.0 Å². The quantitative estimate of drug-likeness (QED) is 0.353. The first kappa shape index (κ1) is 19.2. The van der Waals surface area contributed by atoms with Gasteiger partial charge >= 0.3 is 0 Å². The Morgan fingerprint density at radius 2 is 1.89 bits per heavy atom. The lowest BCUT2D eigenvalue weighted by molar-refractivity contribution is -0.932. The Morgan fingerprint density at radius 1 is 1.15 bits per heavy atom. The van der Waals surface area contributed by atoms with Crippen LogP contribution in [-0.4, -0.2) is 11.1 Å². The fourth-order valence-corrected chi connectivity index (χ4v) is 3.67. The van der Waals surface area contributed by atoms with Crippen molar-refractivity contribution < 1.29 is 19.1 Å². The lowest BCUT2D eigenvalue weighted by Crippen LogP contribution is -2.32. The SMILES string of the molecule is O=C(Nc1cc(CF)ccc1Cl)C(Sc1cccc[n+]1O)c1ccccc1. The molecule has 0 bridgehead atoms. The third-order valence-corrected chi connectivity index (χ3v) is 5.44. The van der Waals surface area contributed by atoms with Gasteiger partial charge < -0.3 is 5.32 Å². The molecular weight excluding hydrogens is 387 g/mol. The molecule has 1 amide bonds. The number of nitrogens with zero attached hydrogens (tertiary/aromatic N) is 1. The first-order chi connectivity index (χ1) is 13.1. The van der Waals surface area contributed by atoms with E-state index in [1.807, 2.05) is 30.3 Å². The summed E-state index contributed by atoms with van der Waals surface area (Å²) in [5, 5.41) is 13.0. The number of carbonyl (C=O) groups excluding carboxylic acids is 1. The molecule has 138 valence electrons. The number of thioether (sulfide) groups is 1. The number of pyridine rings is 1. The Kier molecular flexibility index (Phi) is 6.32. The molecule has 27 heavy (non-hydrogen) atoms. The van der Waals surface area contributed by atoms with Gasteiger partial charge in [0.1, 0.15) is 11.9 Å². The summed E-state index contributed by atoms with van der Waals surface area (Å²) in [4.78, 5) is 13.0. The summed E-state index contributed by atoms with van der Waals surface area (Å²) < 4.78 is 13.9. The first-order valence-electron chi connectivity index (χ1n) is 8.15. The molecule has 1 heterocycles. The number of anilines is 1. The second kappa shape index (κ2) is 8.88. The molecule has 2 N–H and O–H groups in total. The molecule has 0 aliphatic carbocycles. The molecule has 1 unspecified atom stereocenters. The van der Waals surface area contributed by atoms with Crippen molar-refractivity contribution in [3.05, 3.63) is 89.1 Å². The normalized spacial score (nSPS) is 11.8. The van der Waals surface area contributed by atoms with E-state index in [9.17, 15) is 14.4 Å². The van der Waals surface area contributed by atoms with Crippen LogP contribution in [-0.2, 0) is 11.5 Å². The van der Waals surface area contributed by atoms with Crippen molar-refractivity contribution in [2.45, 2.75) is 17.0 Å². The second-order valence-electron chi connectivity index (χ2n) is 5.73. The summed E-state index contributed by atoms with van der Waals surface area (Å²) >= 11 is 7.34. The average Bonchev–Trinajstić information content (AvgIpc) is 2.69. The van der Waals surface area contributed by atoms with Gasteiger partial charge in [0.05, 0.1) is 10.7 Å². The van der Waals surface area contributed by atoms with E-state index in [2.05, 4.69) is 5.32 Å². The van der Waals surface area contributed by atoms with Crippen LogP contribution in [0.4, 0.5) is 10.1 Å². The number of aromatic nitrogens is 1. The van der Waals surface area contributed by atoms with E-state index in [0.717, 1.165) is 10.3 Å². The van der Waals surface area contributed by atoms with Gasteiger partial charge in [-0.05, 0) is 41.1 Å². The van der Waals surface area contributed by atoms with E-state index in [1.165, 1.54) is 24.0 Å². The van der Waals surface area contributed by atoms with Gasteiger partial charge in [0.25, 0.3) is 5.03 Å². The largest absolute Gasteiger partial charge is 0.323 e. The Hall–Kier alpha value is -2.57. The highest BCUT2D eigenvalue weighted by molar-refractivity contribution is 8.00. The molecule has 1 atom stereocenters. The summed E-state index contributed by atoms with van der Waals surface area (Å²) in [5.41, 5.74) is 1.54. The molecule has 0 saturated heterocycles. The van der Waals surface area contributed by atoms with Crippen LogP contribution < -0.4 is 10.0 Å². The number of nitrogens with one attached hydrogen (secondary N) is 1. The van der Waals surface area contributed by atoms with Crippen molar-refractivity contribution in [2.24, 2.45) is 0 Å². The summed E-state index contributed by atoms with van der Waals surface area (Å²) in [5.74, 6) is -0.326. The Morgan fingerprint density at radius 3 is 2.59 bits per heavy atom. The van der Waals surface area contributed by atoms with Gasteiger partial charge in [-0.15, -0.1) is 0 Å². The maximum atomic E-state index is 13.0. The van der Waals surface area contributed by atoms with E-state index < -0.39 is 11.9 Å². The van der Waals surface area contributed by atoms with E-state index in [0.29, 0.717) is 21.3 Å². The van der Waals surface area contributed by atoms with E-state index >= 15 is 0 Å². The smallest absolute Gasteiger partial charge is 0.292 e. The molecule has 0 radical (unpaired) electrons. The van der Waals surface area contributed by atoms with Gasteiger partial charge in [-0.25, -0.2) is 4.39 Å². The zero-order valence-electron chi connectivity index (χ0n) is 14.2. The predicted octanol–water partition coefficient (Wildman–Crippen LogP) is 4.81. The highest BCUT2D eigenvalue weighted by atomic mass is 35.5. The van der Waals surface area contributed by atoms with Crippen LogP contribution in [0, 0.1) is 0 Å². The minimum Gasteiger partial charge on any atom is -0.323 e. The topological polar surface area (TPSA) is 53.2 Å². The maximum absolute atomic E-state index is 13.0. The number of benzene rings is 2. The average molecular weight is 404 g/mol. The molecule has 0 fully saturated rings. The standard InChI is InChI=1S/C20H16ClFN2O2S/c21-16-10-9-14(13-22)12-17(16)23-20(25)19(15-6-2-1-3-7-15)27-18-8-4-5-11-24(18)26/h1-12,19H,13H2,(H-,23,25,26)/p+1. The molecule has 4 nitrogen and oxygen atoms in total. The molecule has 3 aromatic rings. The van der Waals surface area contributed by atoms with Crippen molar-refractivity contribution >= 4 is 35.0 Å². The van der Waals surface area contributed by atoms with Crippen molar-refractivity contribution in [3.63, 3.8) is 0 Å². The zero-order valence-corrected chi connectivity index (χ0v) is 15.8. The molecule has 3 rings (SSSR count). The minimum absolute atomic E-state index is 0.326. The number of amides is 1. The second-order valence-corrected chi connectivity index (χ2v) is 7.26. The zero-order chi connectivity index (χ0) is 19.2. The fraction of sp³-hybridized carbons (Fsp3) is 0.100. The molecule has 2 aromatic carbocycles. The number of alkyl halides is 1. The van der Waals surface area contributed by atoms with Crippen LogP contribution in [0.1, 0.15) is 16.4 Å². The van der Waals surface area contributed by atoms with Crippen LogP contribution in [0.25, 0.3) is 0 Å². The van der Waals surface area contributed by atoms with E-state index in [4.69, 9.17) is 11.6 Å². The first-order valence-corrected chi connectivity index (χ1v) is 9.41. The number of carbonyl (C=O) groups is 1. The molecule has 0 spiro atoms. The van der Waals surface area contributed by atoms with Crippen molar-refractivity contribution in [3.8, 4) is 0 Å². The fourth-order valence-electron chi connectivity index (χ4n) is 2.48. The van der Waals surface area contributed by atoms with Gasteiger partial charge in [-0.2, -0.15) is 0 Å². The predicted molar refractivity (Wildman–Crippen MR) is 104 cm³/mol. The summed E-state index contributed by atoms with van der Waals surface area (Å²) in [6.07, 6.45) is 1.49. The summed E-state index contributed by atoms with van der Waals surface area (Å²) in [6.45, 7) is -0.647. The van der Waals surface area contributed by atoms with E-state index in [1.54, 1.807) is 30.3 Å². The number of hydrogen-bond acceptors (Lipinski definition) is 3. The minimum atomic E-state index is -0.647. The van der Waals surface area contributed by atoms with Crippen molar-refractivity contribution in [1.82, 2.24) is 0 Å². The van der Waals surface area contributed by atoms with E-state index in [-0.39, 0.29) is 5.91 Å². The van der Waals surface area contributed by atoms with Crippen LogP contribution in [0.5, 0.6) is 0 Å². The monoisotopic (exact) mass is 403 g/mol. The van der Waals surface area contributed by atoms with Gasteiger partial charge in [0.2, 0.25) is 12.1 Å². The number of halogens is 2. The Bertz CT molecular complexity index is 940. The van der Waals surface area contributed by atoms with Crippen molar-refractivity contribution in [1.29, 1.82) is 0 Å². The molecule has 0 aliphatic rings. The molecule has 7 heteroatoms. The van der Waals surface area contributed by atoms with Gasteiger partial charge in [0, 0.05) is 16.9 Å². The molecule has 0 aliphatic heterocycles. The molecule has 1 aromatic heterocycles. The van der Waals surface area contributed by atoms with Crippen molar-refractivity contribution in [2.75, 3.05) is 5.32 Å².